The van der Waals surface area contributed by atoms with E-state index in [-0.39, 0.29) is 34.8 Å². The summed E-state index contributed by atoms with van der Waals surface area (Å²) in [6.45, 7) is 23.6. The number of nitrogens with zero attached hydrogens (tertiary/aromatic N) is 10. The largest absolute Gasteiger partial charge is 0.489 e. The molecular formula is C52H64ClN11O3. The molecule has 5 aliphatic rings. The molecule has 67 heavy (non-hydrogen) atoms. The van der Waals surface area contributed by atoms with Crippen LogP contribution in [0.3, 0.4) is 0 Å². The Morgan fingerprint density at radius 1 is 0.925 bits per heavy atom. The molecule has 4 aliphatic heterocycles. The second-order valence-corrected chi connectivity index (χ2v) is 21.6. The molecule has 15 heteroatoms. The van der Waals surface area contributed by atoms with Crippen LogP contribution in [0.2, 0.25) is 5.02 Å². The van der Waals surface area contributed by atoms with Crippen molar-refractivity contribution in [3.8, 4) is 17.9 Å². The summed E-state index contributed by atoms with van der Waals surface area (Å²) >= 11 is 6.29. The molecule has 2 aromatic carbocycles. The smallest absolute Gasteiger partial charge is 0.254 e. The Hall–Kier alpha value is -5.70. The number of fused-ring (bicyclic) bond motifs is 2. The number of nitriles is 2. The number of hydrogen-bond donors (Lipinski definition) is 1. The van der Waals surface area contributed by atoms with Crippen LogP contribution >= 0.6 is 11.6 Å². The van der Waals surface area contributed by atoms with Crippen LogP contribution in [0.1, 0.15) is 118 Å². The Morgan fingerprint density at radius 3 is 2.25 bits per heavy atom. The van der Waals surface area contributed by atoms with Gasteiger partial charge < -0.3 is 29.7 Å². The quantitative estimate of drug-likeness (QED) is 0.173. The molecule has 4 aromatic rings. The Kier molecular flexibility index (Phi) is 12.5. The van der Waals surface area contributed by atoms with Crippen LogP contribution in [-0.4, -0.2) is 99.3 Å². The number of halogens is 1. The second-order valence-electron chi connectivity index (χ2n) is 21.2. The van der Waals surface area contributed by atoms with Gasteiger partial charge in [-0.05, 0) is 85.8 Å². The number of hydrogen-bond acceptors (Lipinski definition) is 11. The molecule has 3 fully saturated rings. The van der Waals surface area contributed by atoms with Crippen molar-refractivity contribution in [2.45, 2.75) is 112 Å². The van der Waals surface area contributed by atoms with Gasteiger partial charge in [0.15, 0.2) is 5.82 Å². The van der Waals surface area contributed by atoms with Crippen LogP contribution in [0, 0.1) is 58.2 Å². The van der Waals surface area contributed by atoms with Crippen LogP contribution in [0.25, 0.3) is 0 Å². The van der Waals surface area contributed by atoms with Gasteiger partial charge in [-0.1, -0.05) is 53.1 Å². The van der Waals surface area contributed by atoms with E-state index in [0.717, 1.165) is 94.0 Å². The number of anilines is 3. The summed E-state index contributed by atoms with van der Waals surface area (Å²) in [5, 5.41) is 28.1. The fourth-order valence-electron chi connectivity index (χ4n) is 12.5. The second kappa shape index (κ2) is 18.1. The highest BCUT2D eigenvalue weighted by molar-refractivity contribution is 6.31. The molecule has 3 atom stereocenters. The third-order valence-electron chi connectivity index (χ3n) is 15.9. The molecule has 1 aliphatic carbocycles. The summed E-state index contributed by atoms with van der Waals surface area (Å²) in [5.74, 6) is 3.48. The molecule has 0 bridgehead atoms. The van der Waals surface area contributed by atoms with Crippen LogP contribution in [-0.2, 0) is 24.2 Å². The lowest BCUT2D eigenvalue weighted by atomic mass is 9.49. The number of aryl methyl sites for hydroxylation is 2. The number of amides is 2. The van der Waals surface area contributed by atoms with Gasteiger partial charge in [-0.15, -0.1) is 0 Å². The van der Waals surface area contributed by atoms with E-state index in [1.165, 1.54) is 16.8 Å². The number of aromatic nitrogens is 4. The Morgan fingerprint density at radius 2 is 1.61 bits per heavy atom. The van der Waals surface area contributed by atoms with Crippen molar-refractivity contribution in [1.29, 1.82) is 10.5 Å². The average molecular weight is 927 g/mol. The minimum atomic E-state index is -0.386. The summed E-state index contributed by atoms with van der Waals surface area (Å²) < 4.78 is 8.74. The Labute approximate surface area is 400 Å². The van der Waals surface area contributed by atoms with E-state index in [2.05, 4.69) is 90.5 Å². The number of ether oxygens (including phenoxy) is 1. The minimum absolute atomic E-state index is 0.0969. The topological polar surface area (TPSA) is 160 Å². The van der Waals surface area contributed by atoms with Gasteiger partial charge in [0.05, 0.1) is 40.4 Å². The molecule has 14 nitrogen and oxygen atoms in total. The molecule has 6 heterocycles. The van der Waals surface area contributed by atoms with E-state index >= 15 is 0 Å². The first-order valence-electron chi connectivity index (χ1n) is 24.1. The number of piperidine rings is 2. The third-order valence-corrected chi connectivity index (χ3v) is 16.2. The molecule has 352 valence electrons. The van der Waals surface area contributed by atoms with Gasteiger partial charge in [-0.3, -0.25) is 14.3 Å². The van der Waals surface area contributed by atoms with Crippen LogP contribution in [0.4, 0.5) is 17.5 Å². The zero-order valence-electron chi connectivity index (χ0n) is 40.3. The van der Waals surface area contributed by atoms with Gasteiger partial charge in [0.2, 0.25) is 11.9 Å². The Balaban J connectivity index is 0.805. The summed E-state index contributed by atoms with van der Waals surface area (Å²) in [6.07, 6.45) is 7.87. The number of carbonyl (C=O) groups is 2. The first-order valence-corrected chi connectivity index (χ1v) is 24.5. The van der Waals surface area contributed by atoms with E-state index < -0.39 is 0 Å². The number of likely N-dealkylation sites (tertiary alicyclic amines) is 1. The predicted molar refractivity (Wildman–Crippen MR) is 258 cm³/mol. The number of benzene rings is 2. The third kappa shape index (κ3) is 8.61. The monoisotopic (exact) mass is 925 g/mol. The maximum atomic E-state index is 13.6. The first-order chi connectivity index (χ1) is 32.0. The standard InChI is InChI=1S/C52H64ClN11O3/c1-31-20-45-35(21-37(31)24-55)10-9-16-63(45)46-42-30-61(34(4)65)19-15-44(42)64(59-46)39-13-17-60(18-14-39)29-41-32(2)27-62(28-33(41)3)50-56-25-38(26-57-50)47(66)58-48-51(5,6)49(52(48,7)8)67-40-12-11-36(23-54)43(53)22-40/h11-12,20-22,25-26,32-33,39,41,48-49H,9-10,13-19,27-30H2,1-8H3,(H,58,66)/t32-,33+,41?,48?,49?. The van der Waals surface area contributed by atoms with Crippen LogP contribution in [0.15, 0.2) is 42.7 Å². The molecule has 0 spiro atoms. The summed E-state index contributed by atoms with van der Waals surface area (Å²) in [5.41, 5.74) is 6.53. The zero-order chi connectivity index (χ0) is 47.5. The van der Waals surface area contributed by atoms with Crippen molar-refractivity contribution in [1.82, 2.24) is 34.9 Å². The molecule has 1 saturated carbocycles. The molecule has 2 saturated heterocycles. The van der Waals surface area contributed by atoms with E-state index in [1.807, 2.05) is 11.8 Å². The van der Waals surface area contributed by atoms with Gasteiger partial charge in [-0.25, -0.2) is 9.97 Å². The highest BCUT2D eigenvalue weighted by Crippen LogP contribution is 2.56. The van der Waals surface area contributed by atoms with E-state index in [4.69, 9.17) is 31.4 Å². The SMILES string of the molecule is CC(=O)N1CCc2c(c(N3CCCc4cc(C#N)c(C)cc43)nn2C2CCN(CC3[C@H](C)CN(c4ncc(C(=O)NC5C(C)(C)C(Oc6ccc(C#N)c(Cl)c6)C5(C)C)cn4)C[C@@H]3C)CC2)C1. The maximum absolute atomic E-state index is 13.6. The van der Waals surface area contributed by atoms with Gasteiger partial charge >= 0.3 is 0 Å². The molecule has 0 radical (unpaired) electrons. The number of rotatable bonds is 9. The lowest BCUT2D eigenvalue weighted by molar-refractivity contribution is -0.164. The van der Waals surface area contributed by atoms with Crippen LogP contribution in [0.5, 0.6) is 5.75 Å². The van der Waals surface area contributed by atoms with Crippen molar-refractivity contribution in [2.75, 3.05) is 55.6 Å². The van der Waals surface area contributed by atoms with E-state index in [9.17, 15) is 20.1 Å². The van der Waals surface area contributed by atoms with Gasteiger partial charge in [0, 0.05) is 111 Å². The minimum Gasteiger partial charge on any atom is -0.489 e. The molecule has 2 amide bonds. The number of nitrogens with one attached hydrogen (secondary N) is 1. The van der Waals surface area contributed by atoms with Crippen molar-refractivity contribution in [2.24, 2.45) is 28.6 Å². The lowest BCUT2D eigenvalue weighted by Gasteiger charge is -2.63. The lowest BCUT2D eigenvalue weighted by Crippen LogP contribution is -2.74. The van der Waals surface area contributed by atoms with Gasteiger partial charge in [-0.2, -0.15) is 15.6 Å². The molecule has 2 aromatic heterocycles. The van der Waals surface area contributed by atoms with Crippen molar-refractivity contribution < 1.29 is 14.3 Å². The molecular weight excluding hydrogens is 862 g/mol. The first kappa shape index (κ1) is 46.4. The summed E-state index contributed by atoms with van der Waals surface area (Å²) in [7, 11) is 0. The molecule has 1 unspecified atom stereocenters. The highest BCUT2D eigenvalue weighted by Gasteiger charge is 2.64. The predicted octanol–water partition coefficient (Wildman–Crippen LogP) is 8.02. The summed E-state index contributed by atoms with van der Waals surface area (Å²) in [6, 6.07) is 13.9. The molecule has 9 rings (SSSR count). The van der Waals surface area contributed by atoms with Crippen molar-refractivity contribution in [3.63, 3.8) is 0 Å². The van der Waals surface area contributed by atoms with Crippen molar-refractivity contribution >= 4 is 40.9 Å². The van der Waals surface area contributed by atoms with Gasteiger partial charge in [0.25, 0.3) is 5.91 Å². The molecule has 1 N–H and O–H groups in total. The normalized spacial score (nSPS) is 24.7. The van der Waals surface area contributed by atoms with Crippen molar-refractivity contribution in [3.05, 3.63) is 86.8 Å². The highest BCUT2D eigenvalue weighted by atomic mass is 35.5. The summed E-state index contributed by atoms with van der Waals surface area (Å²) in [4.78, 5) is 45.0. The fourth-order valence-corrected chi connectivity index (χ4v) is 12.7. The zero-order valence-corrected chi connectivity index (χ0v) is 41.0. The Bertz CT molecular complexity index is 2610. The average Bonchev–Trinajstić information content (AvgIpc) is 3.69. The van der Waals surface area contributed by atoms with E-state index in [0.29, 0.717) is 64.7 Å². The number of carbonyl (C=O) groups excluding carboxylic acids is 2. The van der Waals surface area contributed by atoms with Gasteiger partial charge in [0.1, 0.15) is 17.9 Å². The fraction of sp³-hybridized carbons (Fsp3) is 0.558. The maximum Gasteiger partial charge on any atom is 0.254 e. The van der Waals surface area contributed by atoms with E-state index in [1.54, 1.807) is 37.5 Å². The van der Waals surface area contributed by atoms with Crippen LogP contribution < -0.4 is 19.9 Å².